The quantitative estimate of drug-likeness (QED) is 0.323. The van der Waals surface area contributed by atoms with Crippen LogP contribution in [0.4, 0.5) is 0 Å². The van der Waals surface area contributed by atoms with E-state index < -0.39 is 9.84 Å². The maximum absolute atomic E-state index is 11.6. The average Bonchev–Trinajstić information content (AvgIpc) is 2.75. The second-order valence-corrected chi connectivity index (χ2v) is 10.5. The Morgan fingerprint density at radius 3 is 2.17 bits per heavy atom. The molecule has 8 heteroatoms. The van der Waals surface area contributed by atoms with E-state index in [1.165, 1.54) is 70.7 Å². The van der Waals surface area contributed by atoms with Gasteiger partial charge in [-0.25, -0.2) is 8.42 Å². The molecule has 0 unspecified atom stereocenters. The number of halogens is 1. The zero-order valence-corrected chi connectivity index (χ0v) is 21.5. The van der Waals surface area contributed by atoms with Crippen molar-refractivity contribution in [2.24, 2.45) is 4.99 Å². The van der Waals surface area contributed by atoms with Crippen molar-refractivity contribution in [3.8, 4) is 0 Å². The van der Waals surface area contributed by atoms with Gasteiger partial charge in [-0.15, -0.1) is 24.0 Å². The third kappa shape index (κ3) is 6.82. The molecule has 1 saturated heterocycles. The first-order chi connectivity index (χ1) is 13.9. The number of hydrogen-bond acceptors (Lipinski definition) is 4. The summed E-state index contributed by atoms with van der Waals surface area (Å²) in [5.74, 6) is 0.805. The van der Waals surface area contributed by atoms with Crippen molar-refractivity contribution in [2.45, 2.75) is 68.3 Å². The highest BCUT2D eigenvalue weighted by atomic mass is 127. The van der Waals surface area contributed by atoms with Crippen LogP contribution >= 0.6 is 24.0 Å². The summed E-state index contributed by atoms with van der Waals surface area (Å²) in [4.78, 5) is 7.49. The van der Waals surface area contributed by atoms with Gasteiger partial charge in [0.05, 0.1) is 4.90 Å². The molecule has 3 rings (SSSR count). The Kier molecular flexibility index (Phi) is 9.87. The number of nitrogens with one attached hydrogen (secondary N) is 2. The molecule has 1 aromatic rings. The first-order valence-corrected chi connectivity index (χ1v) is 12.8. The number of aliphatic imine (C=N–C) groups is 1. The summed E-state index contributed by atoms with van der Waals surface area (Å²) in [6.07, 6.45) is 11.8. The minimum absolute atomic E-state index is 0. The molecule has 1 aliphatic carbocycles. The van der Waals surface area contributed by atoms with Gasteiger partial charge in [-0.05, 0) is 56.5 Å². The second-order valence-electron chi connectivity index (χ2n) is 8.53. The van der Waals surface area contributed by atoms with E-state index >= 15 is 0 Å². The molecular formula is C22H37IN4O2S. The molecule has 0 radical (unpaired) electrons. The molecular weight excluding hydrogens is 511 g/mol. The van der Waals surface area contributed by atoms with Gasteiger partial charge in [0.1, 0.15) is 0 Å². The Bertz CT molecular complexity index is 784. The fourth-order valence-electron chi connectivity index (χ4n) is 4.69. The van der Waals surface area contributed by atoms with Crippen molar-refractivity contribution in [3.63, 3.8) is 0 Å². The van der Waals surface area contributed by atoms with Gasteiger partial charge in [-0.1, -0.05) is 37.8 Å². The maximum atomic E-state index is 11.6. The molecule has 0 atom stereocenters. The lowest BCUT2D eigenvalue weighted by Crippen LogP contribution is -2.59. The van der Waals surface area contributed by atoms with Crippen LogP contribution < -0.4 is 10.6 Å². The number of benzene rings is 1. The summed E-state index contributed by atoms with van der Waals surface area (Å²) in [5, 5.41) is 6.96. The van der Waals surface area contributed by atoms with E-state index in [9.17, 15) is 8.42 Å². The predicted molar refractivity (Wildman–Crippen MR) is 134 cm³/mol. The first-order valence-electron chi connectivity index (χ1n) is 10.9. The lowest BCUT2D eigenvalue weighted by atomic mass is 9.79. The highest BCUT2D eigenvalue weighted by Crippen LogP contribution is 2.35. The van der Waals surface area contributed by atoms with Crippen LogP contribution in [0.2, 0.25) is 0 Å². The van der Waals surface area contributed by atoms with Gasteiger partial charge < -0.3 is 10.6 Å². The van der Waals surface area contributed by atoms with Crippen molar-refractivity contribution in [1.82, 2.24) is 15.5 Å². The fraction of sp³-hybridized carbons (Fsp3) is 0.682. The Morgan fingerprint density at radius 2 is 1.60 bits per heavy atom. The van der Waals surface area contributed by atoms with E-state index in [1.54, 1.807) is 19.2 Å². The van der Waals surface area contributed by atoms with Crippen molar-refractivity contribution in [3.05, 3.63) is 29.8 Å². The first kappa shape index (κ1) is 25.4. The molecule has 0 amide bonds. The van der Waals surface area contributed by atoms with Gasteiger partial charge in [0, 0.05) is 31.9 Å². The van der Waals surface area contributed by atoms with Crippen LogP contribution in [-0.2, 0) is 16.4 Å². The molecule has 1 aliphatic heterocycles. The topological polar surface area (TPSA) is 73.8 Å². The number of likely N-dealkylation sites (tertiary alicyclic amines) is 1. The zero-order chi connectivity index (χ0) is 20.7. The third-order valence-corrected chi connectivity index (χ3v) is 7.56. The van der Waals surface area contributed by atoms with Crippen LogP contribution in [0.3, 0.4) is 0 Å². The Hall–Kier alpha value is -0.870. The monoisotopic (exact) mass is 548 g/mol. The fourth-order valence-corrected chi connectivity index (χ4v) is 5.32. The summed E-state index contributed by atoms with van der Waals surface area (Å²) in [5.41, 5.74) is 1.29. The molecule has 2 fully saturated rings. The van der Waals surface area contributed by atoms with Crippen LogP contribution in [0.1, 0.15) is 56.9 Å². The minimum atomic E-state index is -3.16. The minimum Gasteiger partial charge on any atom is -0.355 e. The standard InChI is InChI=1S/C22H36N4O2S.HI/c1-23-21(24-17-19-9-11-20(12-10-19)29(2,27)28)25-18-22(13-5-3-6-14-22)26-15-7-4-8-16-26;/h9-12H,3-8,13-18H2,1-2H3,(H2,23,24,25);1H. The number of piperidine rings is 1. The molecule has 1 heterocycles. The smallest absolute Gasteiger partial charge is 0.191 e. The van der Waals surface area contributed by atoms with Crippen LogP contribution in [0.15, 0.2) is 34.2 Å². The summed E-state index contributed by atoms with van der Waals surface area (Å²) >= 11 is 0. The molecule has 2 N–H and O–H groups in total. The summed E-state index contributed by atoms with van der Waals surface area (Å²) in [7, 11) is -1.35. The van der Waals surface area contributed by atoms with Gasteiger partial charge in [0.15, 0.2) is 15.8 Å². The van der Waals surface area contributed by atoms with Gasteiger partial charge in [-0.2, -0.15) is 0 Å². The highest BCUT2D eigenvalue weighted by Gasteiger charge is 2.38. The van der Waals surface area contributed by atoms with E-state index in [0.717, 1.165) is 18.1 Å². The number of hydrogen-bond donors (Lipinski definition) is 2. The van der Waals surface area contributed by atoms with E-state index in [2.05, 4.69) is 20.5 Å². The normalized spacial score (nSPS) is 20.3. The van der Waals surface area contributed by atoms with Crippen molar-refractivity contribution in [1.29, 1.82) is 0 Å². The van der Waals surface area contributed by atoms with Crippen LogP contribution in [0, 0.1) is 0 Å². The predicted octanol–water partition coefficient (Wildman–Crippen LogP) is 3.56. The zero-order valence-electron chi connectivity index (χ0n) is 18.3. The Balaban J connectivity index is 0.00000320. The molecule has 1 saturated carbocycles. The molecule has 0 spiro atoms. The van der Waals surface area contributed by atoms with Crippen molar-refractivity contribution >= 4 is 39.8 Å². The SMILES string of the molecule is CN=C(NCc1ccc(S(C)(=O)=O)cc1)NCC1(N2CCCCC2)CCCCC1.I. The molecule has 0 bridgehead atoms. The highest BCUT2D eigenvalue weighted by molar-refractivity contribution is 14.0. The van der Waals surface area contributed by atoms with E-state index in [-0.39, 0.29) is 29.5 Å². The van der Waals surface area contributed by atoms with Crippen LogP contribution in [0.25, 0.3) is 0 Å². The van der Waals surface area contributed by atoms with E-state index in [0.29, 0.717) is 11.4 Å². The van der Waals surface area contributed by atoms with Gasteiger partial charge >= 0.3 is 0 Å². The summed E-state index contributed by atoms with van der Waals surface area (Å²) < 4.78 is 23.2. The Labute approximate surface area is 199 Å². The lowest BCUT2D eigenvalue weighted by molar-refractivity contribution is 0.0368. The Morgan fingerprint density at radius 1 is 1.00 bits per heavy atom. The van der Waals surface area contributed by atoms with Crippen LogP contribution in [0.5, 0.6) is 0 Å². The van der Waals surface area contributed by atoms with Crippen LogP contribution in [-0.4, -0.2) is 57.8 Å². The van der Waals surface area contributed by atoms with Crippen molar-refractivity contribution in [2.75, 3.05) is 32.9 Å². The summed E-state index contributed by atoms with van der Waals surface area (Å²) in [6.45, 7) is 3.99. The second kappa shape index (κ2) is 11.7. The number of rotatable bonds is 6. The maximum Gasteiger partial charge on any atom is 0.191 e. The third-order valence-electron chi connectivity index (χ3n) is 6.43. The molecule has 2 aliphatic rings. The number of guanidine groups is 1. The number of nitrogens with zero attached hydrogens (tertiary/aromatic N) is 2. The van der Waals surface area contributed by atoms with Gasteiger partial charge in [0.2, 0.25) is 0 Å². The summed E-state index contributed by atoms with van der Waals surface area (Å²) in [6, 6.07) is 7.03. The average molecular weight is 549 g/mol. The molecule has 0 aromatic heterocycles. The molecule has 30 heavy (non-hydrogen) atoms. The lowest BCUT2D eigenvalue weighted by Gasteiger charge is -2.48. The number of sulfone groups is 1. The largest absolute Gasteiger partial charge is 0.355 e. The van der Waals surface area contributed by atoms with Gasteiger partial charge in [-0.3, -0.25) is 9.89 Å². The van der Waals surface area contributed by atoms with Gasteiger partial charge in [0.25, 0.3) is 0 Å². The van der Waals surface area contributed by atoms with E-state index in [1.807, 2.05) is 12.1 Å². The molecule has 6 nitrogen and oxygen atoms in total. The molecule has 1 aromatic carbocycles. The van der Waals surface area contributed by atoms with Crippen molar-refractivity contribution < 1.29 is 8.42 Å². The van der Waals surface area contributed by atoms with E-state index in [4.69, 9.17) is 0 Å². The molecule has 170 valence electrons.